The fraction of sp³-hybridized carbons (Fsp3) is 0.625. The first-order chi connectivity index (χ1) is 8.83. The van der Waals surface area contributed by atoms with Crippen LogP contribution in [0, 0.1) is 5.82 Å². The molecule has 1 aromatic carbocycles. The Kier molecular flexibility index (Phi) is 5.95. The van der Waals surface area contributed by atoms with Gasteiger partial charge in [-0.25, -0.2) is 4.39 Å². The number of rotatable bonds is 6. The van der Waals surface area contributed by atoms with Crippen molar-refractivity contribution < 1.29 is 9.13 Å². The molecule has 19 heavy (non-hydrogen) atoms. The van der Waals surface area contributed by atoms with Crippen molar-refractivity contribution in [3.05, 3.63) is 35.6 Å². The molecule has 0 spiro atoms. The fourth-order valence-electron chi connectivity index (χ4n) is 2.05. The van der Waals surface area contributed by atoms with E-state index >= 15 is 0 Å². The van der Waals surface area contributed by atoms with Crippen LogP contribution in [0.25, 0.3) is 0 Å². The van der Waals surface area contributed by atoms with Crippen molar-refractivity contribution in [2.75, 3.05) is 13.7 Å². The maximum absolute atomic E-state index is 13.9. The molecule has 2 nitrogen and oxygen atoms in total. The second-order valence-electron chi connectivity index (χ2n) is 6.13. The molecule has 0 heterocycles. The zero-order chi connectivity index (χ0) is 14.5. The van der Waals surface area contributed by atoms with Gasteiger partial charge in [-0.3, -0.25) is 0 Å². The van der Waals surface area contributed by atoms with Crippen LogP contribution in [0.15, 0.2) is 24.3 Å². The molecule has 2 atom stereocenters. The third kappa shape index (κ3) is 5.70. The first kappa shape index (κ1) is 16.1. The molecule has 108 valence electrons. The van der Waals surface area contributed by atoms with Crippen molar-refractivity contribution in [3.63, 3.8) is 0 Å². The molecule has 2 unspecified atom stereocenters. The van der Waals surface area contributed by atoms with E-state index in [4.69, 9.17) is 4.74 Å². The quantitative estimate of drug-likeness (QED) is 0.848. The maximum atomic E-state index is 13.9. The minimum atomic E-state index is -0.133. The molecule has 0 saturated heterocycles. The number of nitrogens with one attached hydrogen (secondary N) is 1. The normalized spacial score (nSPS) is 15.3. The van der Waals surface area contributed by atoms with E-state index in [1.807, 2.05) is 19.1 Å². The van der Waals surface area contributed by atoms with Gasteiger partial charge in [0.15, 0.2) is 0 Å². The number of benzene rings is 1. The zero-order valence-corrected chi connectivity index (χ0v) is 12.7. The third-order valence-electron chi connectivity index (χ3n) is 3.24. The summed E-state index contributed by atoms with van der Waals surface area (Å²) < 4.78 is 19.3. The molecule has 0 fully saturated rings. The van der Waals surface area contributed by atoms with E-state index < -0.39 is 0 Å². The van der Waals surface area contributed by atoms with Crippen molar-refractivity contribution in [1.82, 2.24) is 5.32 Å². The van der Waals surface area contributed by atoms with E-state index in [9.17, 15) is 4.39 Å². The lowest BCUT2D eigenvalue weighted by atomic mass is 9.92. The van der Waals surface area contributed by atoms with Crippen LogP contribution in [0.1, 0.15) is 45.6 Å². The molecule has 0 aromatic heterocycles. The molecule has 1 N–H and O–H groups in total. The lowest BCUT2D eigenvalue weighted by Gasteiger charge is -2.27. The molecule has 0 bridgehead atoms. The van der Waals surface area contributed by atoms with Gasteiger partial charge in [-0.1, -0.05) is 18.2 Å². The van der Waals surface area contributed by atoms with E-state index in [2.05, 4.69) is 26.1 Å². The van der Waals surface area contributed by atoms with Crippen LogP contribution in [0.4, 0.5) is 4.39 Å². The Balaban J connectivity index is 2.83. The van der Waals surface area contributed by atoms with Crippen LogP contribution in [-0.2, 0) is 4.74 Å². The Labute approximate surface area is 116 Å². The SMILES string of the molecule is COC(C)CC(CNC(C)(C)C)c1ccccc1F. The first-order valence-electron chi connectivity index (χ1n) is 6.85. The average molecular weight is 267 g/mol. The Bertz CT molecular complexity index is 387. The lowest BCUT2D eigenvalue weighted by molar-refractivity contribution is 0.103. The highest BCUT2D eigenvalue weighted by atomic mass is 19.1. The Hall–Kier alpha value is -0.930. The summed E-state index contributed by atoms with van der Waals surface area (Å²) in [6, 6.07) is 7.01. The summed E-state index contributed by atoms with van der Waals surface area (Å²) in [6.07, 6.45) is 0.923. The summed E-state index contributed by atoms with van der Waals surface area (Å²) in [5.74, 6) is -0.0121. The van der Waals surface area contributed by atoms with Gasteiger partial charge in [0.05, 0.1) is 6.10 Å². The molecule has 3 heteroatoms. The molecule has 1 rings (SSSR count). The van der Waals surface area contributed by atoms with Gasteiger partial charge in [-0.05, 0) is 45.7 Å². The maximum Gasteiger partial charge on any atom is 0.126 e. The monoisotopic (exact) mass is 267 g/mol. The van der Waals surface area contributed by atoms with Gasteiger partial charge in [0.2, 0.25) is 0 Å². The van der Waals surface area contributed by atoms with Gasteiger partial charge in [0.1, 0.15) is 5.82 Å². The third-order valence-corrected chi connectivity index (χ3v) is 3.24. The van der Waals surface area contributed by atoms with Gasteiger partial charge in [0.25, 0.3) is 0 Å². The van der Waals surface area contributed by atoms with Crippen molar-refractivity contribution in [1.29, 1.82) is 0 Å². The second-order valence-corrected chi connectivity index (χ2v) is 6.13. The lowest BCUT2D eigenvalue weighted by Crippen LogP contribution is -2.39. The number of halogens is 1. The molecule has 0 saturated carbocycles. The van der Waals surface area contributed by atoms with Gasteiger partial charge < -0.3 is 10.1 Å². The van der Waals surface area contributed by atoms with E-state index in [-0.39, 0.29) is 23.4 Å². The zero-order valence-electron chi connectivity index (χ0n) is 12.7. The van der Waals surface area contributed by atoms with Crippen LogP contribution in [0.3, 0.4) is 0 Å². The predicted octanol–water partition coefficient (Wildman–Crippen LogP) is 3.72. The van der Waals surface area contributed by atoms with E-state index in [0.29, 0.717) is 0 Å². The average Bonchev–Trinajstić information content (AvgIpc) is 2.34. The van der Waals surface area contributed by atoms with Gasteiger partial charge in [-0.15, -0.1) is 0 Å². The standard InChI is InChI=1S/C16H26FNO/c1-12(19-5)10-13(11-18-16(2,3)4)14-8-6-7-9-15(14)17/h6-9,12-13,18H,10-11H2,1-5H3. The largest absolute Gasteiger partial charge is 0.382 e. The van der Waals surface area contributed by atoms with Gasteiger partial charge in [-0.2, -0.15) is 0 Å². The van der Waals surface area contributed by atoms with Crippen molar-refractivity contribution in [3.8, 4) is 0 Å². The highest BCUT2D eigenvalue weighted by Gasteiger charge is 2.20. The molecule has 0 aliphatic heterocycles. The highest BCUT2D eigenvalue weighted by molar-refractivity contribution is 5.22. The molecule has 0 radical (unpaired) electrons. The van der Waals surface area contributed by atoms with Crippen LogP contribution in [0.5, 0.6) is 0 Å². The summed E-state index contributed by atoms with van der Waals surface area (Å²) >= 11 is 0. The first-order valence-corrected chi connectivity index (χ1v) is 6.85. The van der Waals surface area contributed by atoms with Gasteiger partial charge in [0, 0.05) is 25.1 Å². The predicted molar refractivity (Wildman–Crippen MR) is 78.0 cm³/mol. The summed E-state index contributed by atoms with van der Waals surface area (Å²) in [7, 11) is 1.69. The Morgan fingerprint density at radius 3 is 2.42 bits per heavy atom. The summed E-state index contributed by atoms with van der Waals surface area (Å²) in [6.45, 7) is 9.12. The Morgan fingerprint density at radius 2 is 1.89 bits per heavy atom. The minimum absolute atomic E-state index is 0.0276. The van der Waals surface area contributed by atoms with Crippen molar-refractivity contribution >= 4 is 0 Å². The molecule has 0 aliphatic carbocycles. The molecule has 1 aromatic rings. The molecule has 0 aliphatic rings. The number of ether oxygens (including phenoxy) is 1. The summed E-state index contributed by atoms with van der Waals surface area (Å²) in [5.41, 5.74) is 0.794. The minimum Gasteiger partial charge on any atom is -0.382 e. The Morgan fingerprint density at radius 1 is 1.26 bits per heavy atom. The summed E-state index contributed by atoms with van der Waals surface area (Å²) in [4.78, 5) is 0. The molecule has 0 amide bonds. The van der Waals surface area contributed by atoms with E-state index in [0.717, 1.165) is 18.5 Å². The number of hydrogen-bond acceptors (Lipinski definition) is 2. The molecular formula is C16H26FNO. The topological polar surface area (TPSA) is 21.3 Å². The van der Waals surface area contributed by atoms with E-state index in [1.165, 1.54) is 6.07 Å². The fourth-order valence-corrected chi connectivity index (χ4v) is 2.05. The van der Waals surface area contributed by atoms with Crippen LogP contribution in [-0.4, -0.2) is 25.3 Å². The number of hydrogen-bond donors (Lipinski definition) is 1. The van der Waals surface area contributed by atoms with Crippen molar-refractivity contribution in [2.24, 2.45) is 0 Å². The van der Waals surface area contributed by atoms with Crippen LogP contribution >= 0.6 is 0 Å². The number of methoxy groups -OCH3 is 1. The van der Waals surface area contributed by atoms with Gasteiger partial charge >= 0.3 is 0 Å². The van der Waals surface area contributed by atoms with Crippen LogP contribution < -0.4 is 5.32 Å². The van der Waals surface area contributed by atoms with Crippen LogP contribution in [0.2, 0.25) is 0 Å². The van der Waals surface area contributed by atoms with E-state index in [1.54, 1.807) is 13.2 Å². The second kappa shape index (κ2) is 7.01. The summed E-state index contributed by atoms with van der Waals surface area (Å²) in [5, 5.41) is 3.45. The van der Waals surface area contributed by atoms with Crippen molar-refractivity contribution in [2.45, 2.75) is 51.7 Å². The highest BCUT2D eigenvalue weighted by Crippen LogP contribution is 2.24. The smallest absolute Gasteiger partial charge is 0.126 e. The molecular weight excluding hydrogens is 241 g/mol.